The van der Waals surface area contributed by atoms with Gasteiger partial charge in [-0.3, -0.25) is 0 Å². The van der Waals surface area contributed by atoms with Gasteiger partial charge in [0.05, 0.1) is 12.7 Å². The van der Waals surface area contributed by atoms with Gasteiger partial charge in [-0.05, 0) is 54.4 Å². The number of anilines is 1. The number of hydrogen-bond donors (Lipinski definition) is 1. The van der Waals surface area contributed by atoms with E-state index in [4.69, 9.17) is 5.73 Å². The fourth-order valence-electron chi connectivity index (χ4n) is 1.86. The van der Waals surface area contributed by atoms with Crippen molar-refractivity contribution in [2.24, 2.45) is 0 Å². The van der Waals surface area contributed by atoms with Crippen LogP contribution in [0.4, 0.5) is 5.69 Å². The third-order valence-electron chi connectivity index (χ3n) is 3.01. The number of aryl methyl sites for hydroxylation is 1. The summed E-state index contributed by atoms with van der Waals surface area (Å²) in [4.78, 5) is 13.6. The molecular formula is C16H17NO2S. The maximum atomic E-state index is 11.4. The molecule has 2 N–H and O–H groups in total. The average Bonchev–Trinajstić information content (AvgIpc) is 2.49. The van der Waals surface area contributed by atoms with Crippen LogP contribution in [0.3, 0.4) is 0 Å². The lowest BCUT2D eigenvalue weighted by Gasteiger charge is -2.07. The Labute approximate surface area is 123 Å². The largest absolute Gasteiger partial charge is 0.465 e. The highest BCUT2D eigenvalue weighted by Gasteiger charge is 2.06. The Hall–Kier alpha value is -1.94. The molecule has 104 valence electrons. The fraction of sp³-hybridized carbons (Fsp3) is 0.188. The maximum Gasteiger partial charge on any atom is 0.337 e. The van der Waals surface area contributed by atoms with E-state index in [1.165, 1.54) is 7.11 Å². The normalized spacial score (nSPS) is 10.3. The first-order chi connectivity index (χ1) is 9.63. The number of carbonyl (C=O) groups excluding carboxylic acids is 1. The molecule has 0 saturated heterocycles. The number of nitrogens with two attached hydrogens (primary N) is 1. The van der Waals surface area contributed by atoms with Gasteiger partial charge in [0.25, 0.3) is 0 Å². The zero-order chi connectivity index (χ0) is 14.5. The van der Waals surface area contributed by atoms with Crippen molar-refractivity contribution in [1.29, 1.82) is 0 Å². The predicted octanol–water partition coefficient (Wildman–Crippen LogP) is 3.77. The van der Waals surface area contributed by atoms with Gasteiger partial charge < -0.3 is 10.5 Å². The molecule has 0 atom stereocenters. The Morgan fingerprint density at radius 1 is 1.15 bits per heavy atom. The molecule has 0 saturated carbocycles. The van der Waals surface area contributed by atoms with Crippen LogP contribution in [0.2, 0.25) is 0 Å². The Morgan fingerprint density at radius 3 is 2.40 bits per heavy atom. The number of hydrogen-bond acceptors (Lipinski definition) is 4. The molecule has 4 heteroatoms. The zero-order valence-electron chi connectivity index (χ0n) is 11.6. The van der Waals surface area contributed by atoms with Gasteiger partial charge in [-0.15, -0.1) is 0 Å². The van der Waals surface area contributed by atoms with E-state index in [2.05, 4.69) is 17.7 Å². The molecule has 0 heterocycles. The van der Waals surface area contributed by atoms with Gasteiger partial charge in [-0.2, -0.15) is 0 Å². The van der Waals surface area contributed by atoms with Crippen molar-refractivity contribution in [3.8, 4) is 0 Å². The molecular weight excluding hydrogens is 270 g/mol. The summed E-state index contributed by atoms with van der Waals surface area (Å²) in [5, 5.41) is 0. The lowest BCUT2D eigenvalue weighted by atomic mass is 10.1. The van der Waals surface area contributed by atoms with Crippen LogP contribution in [-0.2, 0) is 11.2 Å². The second-order valence-electron chi connectivity index (χ2n) is 4.33. The Balaban J connectivity index is 2.16. The van der Waals surface area contributed by atoms with Crippen LogP contribution >= 0.6 is 11.8 Å². The SMILES string of the molecule is CCc1cc(Sc2ccc(C(=O)OC)cc2)ccc1N. The fourth-order valence-corrected chi connectivity index (χ4v) is 2.75. The first-order valence-electron chi connectivity index (χ1n) is 6.38. The molecule has 0 aromatic heterocycles. The third-order valence-corrected chi connectivity index (χ3v) is 4.00. The van der Waals surface area contributed by atoms with Crippen LogP contribution < -0.4 is 5.73 Å². The molecule has 0 aliphatic rings. The van der Waals surface area contributed by atoms with Crippen LogP contribution in [0.15, 0.2) is 52.3 Å². The number of ether oxygens (including phenoxy) is 1. The van der Waals surface area contributed by atoms with E-state index in [1.54, 1.807) is 23.9 Å². The van der Waals surface area contributed by atoms with Gasteiger partial charge >= 0.3 is 5.97 Å². The van der Waals surface area contributed by atoms with Gasteiger partial charge in [0.15, 0.2) is 0 Å². The summed E-state index contributed by atoms with van der Waals surface area (Å²) >= 11 is 1.65. The molecule has 3 nitrogen and oxygen atoms in total. The highest BCUT2D eigenvalue weighted by Crippen LogP contribution is 2.30. The number of nitrogen functional groups attached to an aromatic ring is 1. The number of methoxy groups -OCH3 is 1. The van der Waals surface area contributed by atoms with Crippen molar-refractivity contribution in [3.05, 3.63) is 53.6 Å². The standard InChI is InChI=1S/C16H17NO2S/c1-3-11-10-14(8-9-15(11)17)20-13-6-4-12(5-7-13)16(18)19-2/h4-10H,3,17H2,1-2H3. The van der Waals surface area contributed by atoms with Crippen molar-refractivity contribution in [2.75, 3.05) is 12.8 Å². The minimum absolute atomic E-state index is 0.317. The molecule has 0 aliphatic heterocycles. The van der Waals surface area contributed by atoms with Crippen molar-refractivity contribution in [1.82, 2.24) is 0 Å². The highest BCUT2D eigenvalue weighted by molar-refractivity contribution is 7.99. The number of esters is 1. The second kappa shape index (κ2) is 6.48. The predicted molar refractivity (Wildman–Crippen MR) is 82.1 cm³/mol. The molecule has 0 spiro atoms. The Morgan fingerprint density at radius 2 is 1.80 bits per heavy atom. The number of rotatable bonds is 4. The van der Waals surface area contributed by atoms with Crippen molar-refractivity contribution in [2.45, 2.75) is 23.1 Å². The Bertz CT molecular complexity index is 608. The van der Waals surface area contributed by atoms with Crippen molar-refractivity contribution >= 4 is 23.4 Å². The van der Waals surface area contributed by atoms with Crippen molar-refractivity contribution in [3.63, 3.8) is 0 Å². The van der Waals surface area contributed by atoms with Crippen LogP contribution in [0, 0.1) is 0 Å². The summed E-state index contributed by atoms with van der Waals surface area (Å²) in [6, 6.07) is 13.4. The van der Waals surface area contributed by atoms with E-state index < -0.39 is 0 Å². The Kier molecular flexibility index (Phi) is 4.69. The van der Waals surface area contributed by atoms with E-state index in [0.29, 0.717) is 5.56 Å². The zero-order valence-corrected chi connectivity index (χ0v) is 12.4. The van der Waals surface area contributed by atoms with Gasteiger partial charge in [-0.25, -0.2) is 4.79 Å². The molecule has 2 aromatic rings. The molecule has 2 aromatic carbocycles. The summed E-state index contributed by atoms with van der Waals surface area (Å²) in [6.07, 6.45) is 0.918. The average molecular weight is 287 g/mol. The second-order valence-corrected chi connectivity index (χ2v) is 5.48. The van der Waals surface area contributed by atoms with Crippen LogP contribution in [-0.4, -0.2) is 13.1 Å². The van der Waals surface area contributed by atoms with Crippen LogP contribution in [0.5, 0.6) is 0 Å². The topological polar surface area (TPSA) is 52.3 Å². The first kappa shape index (κ1) is 14.5. The van der Waals surface area contributed by atoms with Gasteiger partial charge in [-0.1, -0.05) is 18.7 Å². The summed E-state index contributed by atoms with van der Waals surface area (Å²) in [7, 11) is 1.38. The van der Waals surface area contributed by atoms with E-state index in [9.17, 15) is 4.79 Å². The molecule has 0 aliphatic carbocycles. The molecule has 0 amide bonds. The highest BCUT2D eigenvalue weighted by atomic mass is 32.2. The van der Waals surface area contributed by atoms with Gasteiger partial charge in [0.2, 0.25) is 0 Å². The minimum atomic E-state index is -0.317. The summed E-state index contributed by atoms with van der Waals surface area (Å²) in [5.74, 6) is -0.317. The smallest absolute Gasteiger partial charge is 0.337 e. The lowest BCUT2D eigenvalue weighted by molar-refractivity contribution is 0.0600. The third kappa shape index (κ3) is 3.33. The van der Waals surface area contributed by atoms with E-state index in [-0.39, 0.29) is 5.97 Å². The van der Waals surface area contributed by atoms with Crippen LogP contribution in [0.1, 0.15) is 22.8 Å². The molecule has 0 radical (unpaired) electrons. The lowest BCUT2D eigenvalue weighted by Crippen LogP contribution is -2.00. The van der Waals surface area contributed by atoms with E-state index in [0.717, 1.165) is 27.5 Å². The molecule has 20 heavy (non-hydrogen) atoms. The van der Waals surface area contributed by atoms with Gasteiger partial charge in [0, 0.05) is 15.5 Å². The quantitative estimate of drug-likeness (QED) is 0.687. The maximum absolute atomic E-state index is 11.4. The summed E-state index contributed by atoms with van der Waals surface area (Å²) in [5.41, 5.74) is 8.45. The number of carbonyl (C=O) groups is 1. The summed E-state index contributed by atoms with van der Waals surface area (Å²) in [6.45, 7) is 2.09. The molecule has 0 fully saturated rings. The molecule has 0 bridgehead atoms. The van der Waals surface area contributed by atoms with E-state index >= 15 is 0 Å². The first-order valence-corrected chi connectivity index (χ1v) is 7.20. The summed E-state index contributed by atoms with van der Waals surface area (Å²) < 4.78 is 4.68. The minimum Gasteiger partial charge on any atom is -0.465 e. The van der Waals surface area contributed by atoms with Gasteiger partial charge in [0.1, 0.15) is 0 Å². The molecule has 2 rings (SSSR count). The van der Waals surface area contributed by atoms with E-state index in [1.807, 2.05) is 24.3 Å². The molecule has 0 unspecified atom stereocenters. The van der Waals surface area contributed by atoms with Crippen LogP contribution in [0.25, 0.3) is 0 Å². The van der Waals surface area contributed by atoms with Crippen molar-refractivity contribution < 1.29 is 9.53 Å². The number of benzene rings is 2. The monoisotopic (exact) mass is 287 g/mol.